The molecule has 0 saturated heterocycles. The van der Waals surface area contributed by atoms with Gasteiger partial charge >= 0.3 is 0 Å². The average molecular weight is 281 g/mol. The number of aromatic nitrogens is 3. The number of nitrogens with two attached hydrogens (primary N) is 1. The Morgan fingerprint density at radius 3 is 2.88 bits per heavy atom. The Morgan fingerprint density at radius 2 is 2.31 bits per heavy atom. The standard InChI is InChI=1S/C10H9BrN4O/c1-15-9(6(11)5-14-15)10(16)8-7(12)3-2-4-13-8/h2-5H,12H2,1H3. The molecule has 82 valence electrons. The van der Waals surface area contributed by atoms with Crippen LogP contribution in [-0.4, -0.2) is 20.5 Å². The molecule has 0 fully saturated rings. The number of aryl methyl sites for hydroxylation is 1. The number of carbonyl (C=O) groups is 1. The molecule has 0 amide bonds. The van der Waals surface area contributed by atoms with E-state index in [-0.39, 0.29) is 11.5 Å². The summed E-state index contributed by atoms with van der Waals surface area (Å²) in [5.41, 5.74) is 6.74. The second-order valence-corrected chi connectivity index (χ2v) is 4.09. The van der Waals surface area contributed by atoms with Crippen LogP contribution in [0, 0.1) is 0 Å². The van der Waals surface area contributed by atoms with Gasteiger partial charge in [-0.05, 0) is 28.1 Å². The number of halogens is 1. The molecule has 0 bridgehead atoms. The lowest BCUT2D eigenvalue weighted by molar-refractivity contribution is 0.102. The minimum absolute atomic E-state index is 0.242. The summed E-state index contributed by atoms with van der Waals surface area (Å²) in [6, 6.07) is 3.33. The van der Waals surface area contributed by atoms with Gasteiger partial charge in [0.1, 0.15) is 11.4 Å². The van der Waals surface area contributed by atoms with Gasteiger partial charge < -0.3 is 5.73 Å². The van der Waals surface area contributed by atoms with Gasteiger partial charge in [-0.1, -0.05) is 0 Å². The fourth-order valence-electron chi connectivity index (χ4n) is 1.39. The molecule has 0 saturated carbocycles. The highest BCUT2D eigenvalue weighted by molar-refractivity contribution is 9.10. The Hall–Kier alpha value is -1.69. The van der Waals surface area contributed by atoms with Crippen molar-refractivity contribution in [2.45, 2.75) is 0 Å². The van der Waals surface area contributed by atoms with Crippen molar-refractivity contribution < 1.29 is 4.79 Å². The average Bonchev–Trinajstić information content (AvgIpc) is 2.58. The summed E-state index contributed by atoms with van der Waals surface area (Å²) in [5.74, 6) is -0.245. The zero-order valence-corrected chi connectivity index (χ0v) is 10.1. The third-order valence-corrected chi connectivity index (χ3v) is 2.74. The van der Waals surface area contributed by atoms with Crippen molar-refractivity contribution in [3.05, 3.63) is 40.4 Å². The van der Waals surface area contributed by atoms with E-state index >= 15 is 0 Å². The highest BCUT2D eigenvalue weighted by atomic mass is 79.9. The van der Waals surface area contributed by atoms with E-state index in [0.717, 1.165) is 0 Å². The first-order valence-electron chi connectivity index (χ1n) is 4.54. The molecule has 5 nitrogen and oxygen atoms in total. The van der Waals surface area contributed by atoms with Gasteiger partial charge in [0, 0.05) is 13.2 Å². The molecule has 2 heterocycles. The van der Waals surface area contributed by atoms with Crippen LogP contribution in [0.2, 0.25) is 0 Å². The van der Waals surface area contributed by atoms with Gasteiger partial charge in [-0.25, -0.2) is 0 Å². The van der Waals surface area contributed by atoms with Crippen molar-refractivity contribution >= 4 is 27.4 Å². The summed E-state index contributed by atoms with van der Waals surface area (Å²) in [6.45, 7) is 0. The first-order valence-corrected chi connectivity index (χ1v) is 5.33. The largest absolute Gasteiger partial charge is 0.397 e. The van der Waals surface area contributed by atoms with Crippen molar-refractivity contribution in [3.8, 4) is 0 Å². The van der Waals surface area contributed by atoms with Crippen molar-refractivity contribution in [1.29, 1.82) is 0 Å². The van der Waals surface area contributed by atoms with Crippen LogP contribution in [0.3, 0.4) is 0 Å². The summed E-state index contributed by atoms with van der Waals surface area (Å²) in [7, 11) is 1.69. The molecule has 0 radical (unpaired) electrons. The van der Waals surface area contributed by atoms with Crippen LogP contribution in [-0.2, 0) is 7.05 Å². The molecule has 6 heteroatoms. The Bertz CT molecular complexity index is 530. The zero-order valence-electron chi connectivity index (χ0n) is 8.51. The van der Waals surface area contributed by atoms with E-state index < -0.39 is 0 Å². The van der Waals surface area contributed by atoms with Crippen molar-refractivity contribution in [3.63, 3.8) is 0 Å². The van der Waals surface area contributed by atoms with E-state index in [2.05, 4.69) is 26.0 Å². The fourth-order valence-corrected chi connectivity index (χ4v) is 1.91. The van der Waals surface area contributed by atoms with Gasteiger partial charge in [-0.3, -0.25) is 14.5 Å². The number of hydrogen-bond acceptors (Lipinski definition) is 4. The van der Waals surface area contributed by atoms with Crippen LogP contribution >= 0.6 is 15.9 Å². The van der Waals surface area contributed by atoms with Crippen molar-refractivity contribution in [1.82, 2.24) is 14.8 Å². The van der Waals surface area contributed by atoms with Gasteiger partial charge in [0.2, 0.25) is 5.78 Å². The van der Waals surface area contributed by atoms with Gasteiger partial charge in [-0.2, -0.15) is 5.10 Å². The summed E-state index contributed by atoms with van der Waals surface area (Å²) in [4.78, 5) is 16.1. The maximum Gasteiger partial charge on any atom is 0.232 e. The van der Waals surface area contributed by atoms with E-state index in [1.54, 1.807) is 25.4 Å². The summed E-state index contributed by atoms with van der Waals surface area (Å²) in [5, 5.41) is 3.97. The number of nitrogens with zero attached hydrogens (tertiary/aromatic N) is 3. The molecular weight excluding hydrogens is 272 g/mol. The van der Waals surface area contributed by atoms with E-state index in [9.17, 15) is 4.79 Å². The zero-order chi connectivity index (χ0) is 11.7. The highest BCUT2D eigenvalue weighted by Crippen LogP contribution is 2.20. The number of pyridine rings is 1. The van der Waals surface area contributed by atoms with Crippen LogP contribution < -0.4 is 5.73 Å². The Balaban J connectivity index is 2.52. The maximum atomic E-state index is 12.1. The Labute approximate surface area is 100 Å². The summed E-state index contributed by atoms with van der Waals surface area (Å²) < 4.78 is 2.12. The van der Waals surface area contributed by atoms with E-state index in [1.807, 2.05) is 0 Å². The van der Waals surface area contributed by atoms with E-state index in [4.69, 9.17) is 5.73 Å². The number of anilines is 1. The van der Waals surface area contributed by atoms with Crippen LogP contribution in [0.15, 0.2) is 29.0 Å². The van der Waals surface area contributed by atoms with E-state index in [1.165, 1.54) is 10.9 Å². The molecule has 0 aliphatic carbocycles. The van der Waals surface area contributed by atoms with Crippen LogP contribution in [0.5, 0.6) is 0 Å². The molecule has 2 aromatic rings. The molecule has 2 N–H and O–H groups in total. The monoisotopic (exact) mass is 280 g/mol. The minimum atomic E-state index is -0.245. The van der Waals surface area contributed by atoms with Crippen molar-refractivity contribution in [2.24, 2.45) is 7.05 Å². The number of nitrogen functional groups attached to an aromatic ring is 1. The van der Waals surface area contributed by atoms with Gasteiger partial charge in [0.25, 0.3) is 0 Å². The lowest BCUT2D eigenvalue weighted by Gasteiger charge is -2.04. The maximum absolute atomic E-state index is 12.1. The van der Waals surface area contributed by atoms with Crippen molar-refractivity contribution in [2.75, 3.05) is 5.73 Å². The predicted molar refractivity (Wildman–Crippen MR) is 63.0 cm³/mol. The molecule has 0 spiro atoms. The smallest absolute Gasteiger partial charge is 0.232 e. The number of ketones is 1. The number of hydrogen-bond donors (Lipinski definition) is 1. The minimum Gasteiger partial charge on any atom is -0.397 e. The molecule has 0 aliphatic heterocycles. The van der Waals surface area contributed by atoms with Gasteiger partial charge in [0.15, 0.2) is 0 Å². The second-order valence-electron chi connectivity index (χ2n) is 3.24. The van der Waals surface area contributed by atoms with E-state index in [0.29, 0.717) is 15.9 Å². The quantitative estimate of drug-likeness (QED) is 0.844. The van der Waals surface area contributed by atoms with Gasteiger partial charge in [-0.15, -0.1) is 0 Å². The lowest BCUT2D eigenvalue weighted by atomic mass is 10.1. The third-order valence-electron chi connectivity index (χ3n) is 2.16. The normalized spacial score (nSPS) is 10.4. The number of carbonyl (C=O) groups excluding carboxylic acids is 1. The summed E-state index contributed by atoms with van der Waals surface area (Å²) in [6.07, 6.45) is 3.10. The highest BCUT2D eigenvalue weighted by Gasteiger charge is 2.20. The molecule has 2 rings (SSSR count). The number of rotatable bonds is 2. The third kappa shape index (κ3) is 1.71. The first kappa shape index (κ1) is 10.8. The molecular formula is C10H9BrN4O. The summed E-state index contributed by atoms with van der Waals surface area (Å²) >= 11 is 3.27. The molecule has 0 aromatic carbocycles. The fraction of sp³-hybridized carbons (Fsp3) is 0.100. The van der Waals surface area contributed by atoms with Gasteiger partial charge in [0.05, 0.1) is 16.4 Å². The molecule has 0 atom stereocenters. The molecule has 16 heavy (non-hydrogen) atoms. The van der Waals surface area contributed by atoms with Crippen LogP contribution in [0.25, 0.3) is 0 Å². The topological polar surface area (TPSA) is 73.8 Å². The first-order chi connectivity index (χ1) is 7.61. The van der Waals surface area contributed by atoms with Crippen LogP contribution in [0.1, 0.15) is 16.2 Å². The molecule has 2 aromatic heterocycles. The lowest BCUT2D eigenvalue weighted by Crippen LogP contribution is -2.12. The Kier molecular flexibility index (Phi) is 2.74. The molecule has 0 aliphatic rings. The second kappa shape index (κ2) is 4.05. The SMILES string of the molecule is Cn1ncc(Br)c1C(=O)c1ncccc1N. The Morgan fingerprint density at radius 1 is 1.56 bits per heavy atom. The molecule has 0 unspecified atom stereocenters. The van der Waals surface area contributed by atoms with Crippen LogP contribution in [0.4, 0.5) is 5.69 Å². The predicted octanol–water partition coefficient (Wildman–Crippen LogP) is 1.39.